The van der Waals surface area contributed by atoms with Gasteiger partial charge in [0.2, 0.25) is 0 Å². The molecular weight excluding hydrogens is 480 g/mol. The Morgan fingerprint density at radius 1 is 0.625 bits per heavy atom. The molecule has 0 heterocycles. The Morgan fingerprint density at radius 3 is 0.750 bits per heavy atom. The van der Waals surface area contributed by atoms with E-state index in [-0.39, 0.29) is 131 Å². The van der Waals surface area contributed by atoms with Gasteiger partial charge in [-0.05, 0) is 0 Å². The molecule has 0 aliphatic rings. The van der Waals surface area contributed by atoms with Crippen LogP contribution < -0.4 is 0 Å². The van der Waals surface area contributed by atoms with Crippen molar-refractivity contribution in [2.75, 3.05) is 0 Å². The van der Waals surface area contributed by atoms with E-state index >= 15 is 0 Å². The summed E-state index contributed by atoms with van der Waals surface area (Å²) in [4.78, 5) is 0. The molecule has 0 amide bonds. The van der Waals surface area contributed by atoms with Gasteiger partial charge >= 0.3 is 0 Å². The molecule has 0 spiro atoms. The van der Waals surface area contributed by atoms with Crippen LogP contribution in [0, 0.1) is 0 Å². The first-order valence-corrected chi connectivity index (χ1v) is 7.45. The smallest absolute Gasteiger partial charge is 0 e. The van der Waals surface area contributed by atoms with Crippen molar-refractivity contribution in [1.29, 1.82) is 0 Å². The minimum absolute atomic E-state index is 0. The van der Waals surface area contributed by atoms with Crippen molar-refractivity contribution in [3.63, 3.8) is 0 Å². The third-order valence-corrected chi connectivity index (χ3v) is 6.75. The van der Waals surface area contributed by atoms with Crippen LogP contribution in [-0.2, 0) is 131 Å². The van der Waals surface area contributed by atoms with Crippen molar-refractivity contribution >= 4 is 33.8 Å². The molecule has 0 N–H and O–H groups in total. The summed E-state index contributed by atoms with van der Waals surface area (Å²) >= 11 is 0. The summed E-state index contributed by atoms with van der Waals surface area (Å²) < 4.78 is 0. The van der Waals surface area contributed by atoms with E-state index < -0.39 is 0 Å². The maximum Gasteiger partial charge on any atom is 0 e. The largest absolute Gasteiger partial charge is 0.110 e. The molecule has 0 aromatic rings. The maximum absolute atomic E-state index is 2.67. The fourth-order valence-corrected chi connectivity index (χ4v) is 0. The predicted octanol–water partition coefficient (Wildman–Crippen LogP) is 1.83. The Kier molecular flexibility index (Phi) is 107. The zero-order chi connectivity index (χ0) is 3.41. The van der Waals surface area contributed by atoms with Gasteiger partial charge < -0.3 is 0 Å². The first-order valence-electron chi connectivity index (χ1n) is 0.827. The van der Waals surface area contributed by atoms with E-state index in [1.807, 2.05) is 0 Å². The van der Waals surface area contributed by atoms with Gasteiger partial charge in [0.15, 0.2) is 0 Å². The van der Waals surface area contributed by atoms with Crippen molar-refractivity contribution in [3.8, 4) is 0 Å². The van der Waals surface area contributed by atoms with E-state index in [0.717, 1.165) is 15.9 Å². The molecule has 38 valence electrons. The van der Waals surface area contributed by atoms with Gasteiger partial charge in [-0.2, -0.15) is 0 Å². The average molecular weight is 486 g/mol. The molecule has 0 aliphatic carbocycles. The van der Waals surface area contributed by atoms with Gasteiger partial charge in [-0.25, -0.2) is 0 Å². The summed E-state index contributed by atoms with van der Waals surface area (Å²) in [7, 11) is 7.44. The molecule has 8 heavy (non-hydrogen) atoms. The second-order valence-corrected chi connectivity index (χ2v) is 7.79. The molecule has 0 bridgehead atoms. The molecular formula is H6P4Y4. The molecule has 4 radical (unpaired) electrons. The monoisotopic (exact) mass is 486 g/mol. The van der Waals surface area contributed by atoms with E-state index in [9.17, 15) is 0 Å². The molecule has 0 aliphatic heterocycles. The second kappa shape index (κ2) is 29.2. The zero-order valence-electron chi connectivity index (χ0n) is 4.46. The number of rotatable bonds is 1. The number of hydrogen-bond acceptors (Lipinski definition) is 0. The molecule has 0 aromatic heterocycles. The van der Waals surface area contributed by atoms with Crippen molar-refractivity contribution in [2.45, 2.75) is 0 Å². The van der Waals surface area contributed by atoms with Crippen LogP contribution in [-0.4, -0.2) is 0 Å². The first-order chi connectivity index (χ1) is 1.91. The summed E-state index contributed by atoms with van der Waals surface area (Å²) in [5.41, 5.74) is 0. The van der Waals surface area contributed by atoms with Gasteiger partial charge in [-0.3, -0.25) is 0 Å². The van der Waals surface area contributed by atoms with Gasteiger partial charge in [0.25, 0.3) is 0 Å². The van der Waals surface area contributed by atoms with Gasteiger partial charge in [0, 0.05) is 131 Å². The molecule has 0 nitrogen and oxygen atoms in total. The van der Waals surface area contributed by atoms with Crippen LogP contribution in [0.2, 0.25) is 0 Å². The third-order valence-electron chi connectivity index (χ3n) is 0.0833. The quantitative estimate of drug-likeness (QED) is 0.498. The Morgan fingerprint density at radius 2 is 0.750 bits per heavy atom. The van der Waals surface area contributed by atoms with E-state index in [4.69, 9.17) is 0 Å². The van der Waals surface area contributed by atoms with Crippen LogP contribution in [0.3, 0.4) is 0 Å². The Bertz CT molecular complexity index is 10.0. The average Bonchev–Trinajstić information content (AvgIpc) is 1.37. The molecule has 0 saturated carbocycles. The van der Waals surface area contributed by atoms with Crippen LogP contribution in [0.15, 0.2) is 0 Å². The standard InChI is InChI=1S/H6P4.4Y/c1-3-4-2;;;;/h3-4H,1-2H2;;;;. The van der Waals surface area contributed by atoms with Crippen molar-refractivity contribution in [2.24, 2.45) is 0 Å². The van der Waals surface area contributed by atoms with Crippen LogP contribution in [0.4, 0.5) is 0 Å². The summed E-state index contributed by atoms with van der Waals surface area (Å²) in [5.74, 6) is 0. The van der Waals surface area contributed by atoms with Crippen LogP contribution in [0.25, 0.3) is 0 Å². The molecule has 0 rings (SSSR count). The summed E-state index contributed by atoms with van der Waals surface area (Å²) in [5, 5.41) is 0. The molecule has 4 unspecified atom stereocenters. The first kappa shape index (κ1) is 29.2. The maximum atomic E-state index is 2.67. The minimum atomic E-state index is 0. The summed E-state index contributed by atoms with van der Waals surface area (Å²) in [6.45, 7) is 0. The van der Waals surface area contributed by atoms with Crippen LogP contribution >= 0.6 is 33.8 Å². The topological polar surface area (TPSA) is 0 Å². The van der Waals surface area contributed by atoms with Crippen molar-refractivity contribution in [3.05, 3.63) is 0 Å². The number of hydrogen-bond donors (Lipinski definition) is 0. The predicted molar refractivity (Wildman–Crippen MR) is 36.1 cm³/mol. The fourth-order valence-electron chi connectivity index (χ4n) is 0. The van der Waals surface area contributed by atoms with E-state index in [2.05, 4.69) is 17.9 Å². The third kappa shape index (κ3) is 29.6. The Labute approximate surface area is 160 Å². The van der Waals surface area contributed by atoms with E-state index in [1.165, 1.54) is 0 Å². The van der Waals surface area contributed by atoms with E-state index in [1.54, 1.807) is 0 Å². The van der Waals surface area contributed by atoms with Gasteiger partial charge in [0.1, 0.15) is 0 Å². The normalized spacial score (nSPS) is 6.75. The van der Waals surface area contributed by atoms with Gasteiger partial charge in [0.05, 0.1) is 0 Å². The van der Waals surface area contributed by atoms with Crippen LogP contribution in [0.1, 0.15) is 0 Å². The summed E-state index contributed by atoms with van der Waals surface area (Å²) in [6.07, 6.45) is 0. The van der Waals surface area contributed by atoms with Gasteiger partial charge in [-0.15, -0.1) is 17.9 Å². The Hall–Kier alpha value is 6.14. The van der Waals surface area contributed by atoms with E-state index in [0.29, 0.717) is 0 Å². The minimum Gasteiger partial charge on any atom is -0.110 e. The Balaban J connectivity index is -0.00000000750. The molecule has 0 fully saturated rings. The van der Waals surface area contributed by atoms with Crippen molar-refractivity contribution in [1.82, 2.24) is 0 Å². The SMILES string of the molecule is PPPP.[Y].[Y].[Y].[Y]. The summed E-state index contributed by atoms with van der Waals surface area (Å²) in [6, 6.07) is 0. The van der Waals surface area contributed by atoms with Gasteiger partial charge in [-0.1, -0.05) is 15.9 Å². The fraction of sp³-hybridized carbons (Fsp3) is 0. The van der Waals surface area contributed by atoms with Crippen molar-refractivity contribution < 1.29 is 131 Å². The molecule has 0 aromatic carbocycles. The molecule has 0 saturated heterocycles. The second-order valence-electron chi connectivity index (χ2n) is 0.289. The zero-order valence-corrected chi connectivity index (χ0v) is 20.1. The van der Waals surface area contributed by atoms with Crippen LogP contribution in [0.5, 0.6) is 0 Å². The molecule has 4 atom stereocenters. The molecule has 8 heteroatoms.